The van der Waals surface area contributed by atoms with Gasteiger partial charge in [0.1, 0.15) is 5.15 Å². The lowest BCUT2D eigenvalue weighted by Gasteiger charge is -2.30. The van der Waals surface area contributed by atoms with Crippen LogP contribution in [0.4, 0.5) is 4.79 Å². The third kappa shape index (κ3) is 3.48. The van der Waals surface area contributed by atoms with E-state index in [9.17, 15) is 4.79 Å². The van der Waals surface area contributed by atoms with Crippen molar-refractivity contribution >= 4 is 28.7 Å². The number of rotatable bonds is 3. The topological polar surface area (TPSA) is 84.1 Å². The molecule has 1 atom stereocenters. The van der Waals surface area contributed by atoms with Crippen LogP contribution in [0, 0.1) is 5.92 Å². The van der Waals surface area contributed by atoms with Crippen LogP contribution in [0.5, 0.6) is 0 Å². The molecule has 7 nitrogen and oxygen atoms in total. The summed E-state index contributed by atoms with van der Waals surface area (Å²) in [7, 11) is 0. The van der Waals surface area contributed by atoms with Gasteiger partial charge in [-0.2, -0.15) is 5.10 Å². The molecule has 1 N–H and O–H groups in total. The fraction of sp³-hybridized carbons (Fsp3) is 0.333. The highest BCUT2D eigenvalue weighted by atomic mass is 35.5. The Morgan fingerprint density at radius 3 is 3.00 bits per heavy atom. The summed E-state index contributed by atoms with van der Waals surface area (Å²) in [5.74, 6) is 0.280. The van der Waals surface area contributed by atoms with Gasteiger partial charge in [-0.25, -0.2) is 9.78 Å². The number of nitrogens with zero attached hydrogens (tertiary/aromatic N) is 5. The van der Waals surface area contributed by atoms with E-state index < -0.39 is 6.09 Å². The van der Waals surface area contributed by atoms with Crippen LogP contribution in [0.25, 0.3) is 22.2 Å². The quantitative estimate of drug-likeness (QED) is 0.712. The van der Waals surface area contributed by atoms with Crippen molar-refractivity contribution in [1.29, 1.82) is 0 Å². The van der Waals surface area contributed by atoms with Gasteiger partial charge in [-0.1, -0.05) is 11.6 Å². The lowest BCUT2D eigenvalue weighted by molar-refractivity contribution is 0.115. The number of hydrogen-bond donors (Lipinski definition) is 1. The first-order chi connectivity index (χ1) is 12.6. The zero-order valence-electron chi connectivity index (χ0n) is 14.0. The summed E-state index contributed by atoms with van der Waals surface area (Å²) in [4.78, 5) is 21.4. The SMILES string of the molecule is O=C(O)N1CCCC(Cn2cc(-c3cnc4ccc(Cl)nc4c3)cn2)C1. The molecule has 1 aliphatic rings. The van der Waals surface area contributed by atoms with Crippen LogP contribution in [0.15, 0.2) is 36.8 Å². The molecule has 0 spiro atoms. The van der Waals surface area contributed by atoms with E-state index in [1.54, 1.807) is 18.5 Å². The van der Waals surface area contributed by atoms with Crippen LogP contribution >= 0.6 is 11.6 Å². The molecule has 8 heteroatoms. The molecule has 1 amide bonds. The number of aromatic nitrogens is 4. The minimum atomic E-state index is -0.843. The van der Waals surface area contributed by atoms with Crippen LogP contribution in [0.2, 0.25) is 5.15 Å². The van der Waals surface area contributed by atoms with E-state index in [2.05, 4.69) is 15.1 Å². The minimum absolute atomic E-state index is 0.280. The highest BCUT2D eigenvalue weighted by Gasteiger charge is 2.23. The second-order valence-corrected chi connectivity index (χ2v) is 6.97. The molecule has 4 heterocycles. The van der Waals surface area contributed by atoms with E-state index in [1.807, 2.05) is 23.0 Å². The van der Waals surface area contributed by atoms with E-state index in [0.29, 0.717) is 24.8 Å². The Bertz CT molecular complexity index is 958. The molecule has 134 valence electrons. The summed E-state index contributed by atoms with van der Waals surface area (Å²) < 4.78 is 1.88. The summed E-state index contributed by atoms with van der Waals surface area (Å²) in [6.45, 7) is 1.88. The van der Waals surface area contributed by atoms with Gasteiger partial charge in [-0.05, 0) is 37.0 Å². The van der Waals surface area contributed by atoms with Gasteiger partial charge in [-0.15, -0.1) is 0 Å². The molecule has 3 aromatic heterocycles. The Morgan fingerprint density at radius 2 is 2.15 bits per heavy atom. The highest BCUT2D eigenvalue weighted by Crippen LogP contribution is 2.24. The monoisotopic (exact) mass is 371 g/mol. The lowest BCUT2D eigenvalue weighted by Crippen LogP contribution is -2.40. The van der Waals surface area contributed by atoms with Crippen molar-refractivity contribution in [2.24, 2.45) is 5.92 Å². The number of likely N-dealkylation sites (tertiary alicyclic amines) is 1. The molecule has 3 aromatic rings. The fourth-order valence-electron chi connectivity index (χ4n) is 3.40. The van der Waals surface area contributed by atoms with Gasteiger partial charge in [0, 0.05) is 43.2 Å². The molecule has 0 radical (unpaired) electrons. The average molecular weight is 372 g/mol. The Morgan fingerprint density at radius 1 is 1.27 bits per heavy atom. The Hall–Kier alpha value is -2.67. The van der Waals surface area contributed by atoms with Gasteiger partial charge in [-0.3, -0.25) is 9.67 Å². The van der Waals surface area contributed by atoms with Crippen molar-refractivity contribution in [1.82, 2.24) is 24.6 Å². The molecule has 1 aliphatic heterocycles. The van der Waals surface area contributed by atoms with E-state index in [0.717, 1.165) is 35.0 Å². The second-order valence-electron chi connectivity index (χ2n) is 6.58. The molecule has 0 aromatic carbocycles. The zero-order valence-corrected chi connectivity index (χ0v) is 14.8. The number of fused-ring (bicyclic) bond motifs is 1. The maximum absolute atomic E-state index is 11.2. The van der Waals surface area contributed by atoms with Gasteiger partial charge in [0.25, 0.3) is 0 Å². The van der Waals surface area contributed by atoms with E-state index in [-0.39, 0.29) is 5.92 Å². The van der Waals surface area contributed by atoms with Crippen LogP contribution < -0.4 is 0 Å². The first-order valence-electron chi connectivity index (χ1n) is 8.51. The van der Waals surface area contributed by atoms with Crippen molar-refractivity contribution in [3.8, 4) is 11.1 Å². The molecule has 1 unspecified atom stereocenters. The minimum Gasteiger partial charge on any atom is -0.465 e. The molecule has 26 heavy (non-hydrogen) atoms. The van der Waals surface area contributed by atoms with Gasteiger partial charge in [0.2, 0.25) is 0 Å². The summed E-state index contributed by atoms with van der Waals surface area (Å²) in [5, 5.41) is 14.0. The number of halogens is 1. The van der Waals surface area contributed by atoms with Crippen LogP contribution in [0.3, 0.4) is 0 Å². The molecule has 0 aliphatic carbocycles. The average Bonchev–Trinajstić information content (AvgIpc) is 3.09. The molecule has 1 fully saturated rings. The molecular formula is C18H18ClN5O2. The number of piperidine rings is 1. The number of amides is 1. The zero-order chi connectivity index (χ0) is 18.1. The van der Waals surface area contributed by atoms with Crippen molar-refractivity contribution < 1.29 is 9.90 Å². The van der Waals surface area contributed by atoms with Crippen molar-refractivity contribution in [3.05, 3.63) is 41.9 Å². The summed E-state index contributed by atoms with van der Waals surface area (Å²) >= 11 is 5.96. The number of carboxylic acid groups (broad SMARTS) is 1. The van der Waals surface area contributed by atoms with Gasteiger partial charge in [0.15, 0.2) is 0 Å². The smallest absolute Gasteiger partial charge is 0.407 e. The van der Waals surface area contributed by atoms with Gasteiger partial charge >= 0.3 is 6.09 Å². The summed E-state index contributed by atoms with van der Waals surface area (Å²) in [6, 6.07) is 5.51. The molecule has 0 bridgehead atoms. The first kappa shape index (κ1) is 16.8. The Balaban J connectivity index is 1.52. The van der Waals surface area contributed by atoms with Crippen molar-refractivity contribution in [2.75, 3.05) is 13.1 Å². The summed E-state index contributed by atoms with van der Waals surface area (Å²) in [5.41, 5.74) is 3.41. The van der Waals surface area contributed by atoms with Crippen molar-refractivity contribution in [3.63, 3.8) is 0 Å². The largest absolute Gasteiger partial charge is 0.465 e. The first-order valence-corrected chi connectivity index (χ1v) is 8.89. The third-order valence-corrected chi connectivity index (χ3v) is 4.92. The predicted octanol–water partition coefficient (Wildman–Crippen LogP) is 3.54. The Labute approximate surface area is 155 Å². The fourth-order valence-corrected chi connectivity index (χ4v) is 3.56. The van der Waals surface area contributed by atoms with Crippen LogP contribution in [0.1, 0.15) is 12.8 Å². The molecule has 4 rings (SSSR count). The standard InChI is InChI=1S/C18H18ClN5O2/c19-17-4-3-15-16(22-17)6-13(7-20-15)14-8-21-24(11-14)10-12-2-1-5-23(9-12)18(25)26/h3-4,6-8,11-12H,1-2,5,9-10H2,(H,25,26). The Kier molecular flexibility index (Phi) is 4.46. The summed E-state index contributed by atoms with van der Waals surface area (Å²) in [6.07, 6.45) is 6.62. The highest BCUT2D eigenvalue weighted by molar-refractivity contribution is 6.29. The van der Waals surface area contributed by atoms with Crippen LogP contribution in [-0.2, 0) is 6.54 Å². The number of pyridine rings is 2. The maximum atomic E-state index is 11.2. The number of carbonyl (C=O) groups is 1. The molecular weight excluding hydrogens is 354 g/mol. The van der Waals surface area contributed by atoms with Gasteiger partial charge in [0.05, 0.1) is 17.2 Å². The van der Waals surface area contributed by atoms with Gasteiger partial charge < -0.3 is 10.0 Å². The lowest BCUT2D eigenvalue weighted by atomic mass is 9.98. The van der Waals surface area contributed by atoms with Crippen LogP contribution in [-0.4, -0.2) is 48.9 Å². The molecule has 0 saturated carbocycles. The predicted molar refractivity (Wildman–Crippen MR) is 98.1 cm³/mol. The maximum Gasteiger partial charge on any atom is 0.407 e. The van der Waals surface area contributed by atoms with E-state index in [4.69, 9.17) is 16.7 Å². The van der Waals surface area contributed by atoms with E-state index >= 15 is 0 Å². The molecule has 1 saturated heterocycles. The van der Waals surface area contributed by atoms with E-state index in [1.165, 1.54) is 4.90 Å². The second kappa shape index (κ2) is 6.92. The normalized spacial score (nSPS) is 17.6. The number of hydrogen-bond acceptors (Lipinski definition) is 4. The third-order valence-electron chi connectivity index (χ3n) is 4.70. The van der Waals surface area contributed by atoms with Crippen molar-refractivity contribution in [2.45, 2.75) is 19.4 Å².